The van der Waals surface area contributed by atoms with Crippen molar-refractivity contribution in [3.05, 3.63) is 83.4 Å². The lowest BCUT2D eigenvalue weighted by Gasteiger charge is -2.14. The molecule has 1 aromatic heterocycles. The first kappa shape index (κ1) is 22.5. The molecule has 0 radical (unpaired) electrons. The fourth-order valence-corrected chi connectivity index (χ4v) is 4.92. The summed E-state index contributed by atoms with van der Waals surface area (Å²) in [6.45, 7) is 3.76. The second kappa shape index (κ2) is 8.67. The Hall–Kier alpha value is -3.72. The molecule has 0 atom stereocenters. The fraction of sp³-hybridized carbons (Fsp3) is 0.167. The SMILES string of the molecule is Cc1ccc(Nc2c(C(=O)O)cc3c(ncn3CCS(=O)(=O)c3ccccc3)c2F)c(C)c1. The van der Waals surface area contributed by atoms with Gasteiger partial charge in [-0.15, -0.1) is 0 Å². The number of fused-ring (bicyclic) bond motifs is 1. The van der Waals surface area contributed by atoms with Gasteiger partial charge >= 0.3 is 5.97 Å². The lowest BCUT2D eigenvalue weighted by molar-refractivity contribution is 0.0697. The highest BCUT2D eigenvalue weighted by Gasteiger charge is 2.23. The first-order valence-corrected chi connectivity index (χ1v) is 11.9. The molecule has 7 nitrogen and oxygen atoms in total. The van der Waals surface area contributed by atoms with Crippen LogP contribution in [0.2, 0.25) is 0 Å². The van der Waals surface area contributed by atoms with Crippen LogP contribution in [-0.2, 0) is 16.4 Å². The molecule has 0 aliphatic rings. The van der Waals surface area contributed by atoms with Crippen LogP contribution in [0, 0.1) is 19.7 Å². The van der Waals surface area contributed by atoms with Gasteiger partial charge in [-0.1, -0.05) is 35.9 Å². The van der Waals surface area contributed by atoms with Gasteiger partial charge in [-0.25, -0.2) is 22.6 Å². The van der Waals surface area contributed by atoms with E-state index >= 15 is 4.39 Å². The molecule has 0 fully saturated rings. The number of imidazole rings is 1. The monoisotopic (exact) mass is 467 g/mol. The van der Waals surface area contributed by atoms with Crippen LogP contribution in [0.4, 0.5) is 15.8 Å². The van der Waals surface area contributed by atoms with E-state index in [1.54, 1.807) is 24.3 Å². The number of aromatic carboxylic acids is 1. The van der Waals surface area contributed by atoms with Crippen molar-refractivity contribution in [2.75, 3.05) is 11.1 Å². The van der Waals surface area contributed by atoms with E-state index < -0.39 is 21.6 Å². The minimum atomic E-state index is -3.57. The van der Waals surface area contributed by atoms with E-state index in [0.29, 0.717) is 5.69 Å². The molecule has 0 aliphatic heterocycles. The number of carbonyl (C=O) groups is 1. The average Bonchev–Trinajstić information content (AvgIpc) is 3.19. The number of nitrogens with one attached hydrogen (secondary N) is 1. The second-order valence-corrected chi connectivity index (χ2v) is 9.91. The summed E-state index contributed by atoms with van der Waals surface area (Å²) >= 11 is 0. The van der Waals surface area contributed by atoms with Crippen molar-refractivity contribution in [2.45, 2.75) is 25.3 Å². The quantitative estimate of drug-likeness (QED) is 0.408. The summed E-state index contributed by atoms with van der Waals surface area (Å²) in [6.07, 6.45) is 1.32. The molecule has 3 aromatic carbocycles. The molecule has 2 N–H and O–H groups in total. The van der Waals surface area contributed by atoms with Crippen molar-refractivity contribution in [1.29, 1.82) is 0 Å². The van der Waals surface area contributed by atoms with Gasteiger partial charge in [0.2, 0.25) is 0 Å². The maximum absolute atomic E-state index is 15.4. The highest BCUT2D eigenvalue weighted by Crippen LogP contribution is 2.32. The zero-order valence-electron chi connectivity index (χ0n) is 18.0. The number of halogens is 1. The summed E-state index contributed by atoms with van der Waals surface area (Å²) in [6, 6.07) is 14.8. The minimum Gasteiger partial charge on any atom is -0.478 e. The number of rotatable bonds is 7. The van der Waals surface area contributed by atoms with Crippen LogP contribution in [0.5, 0.6) is 0 Å². The Labute approximate surface area is 190 Å². The normalized spacial score (nSPS) is 11.6. The Morgan fingerprint density at radius 3 is 2.52 bits per heavy atom. The number of hydrogen-bond donors (Lipinski definition) is 2. The fourth-order valence-electron chi connectivity index (χ4n) is 3.68. The molecule has 0 unspecified atom stereocenters. The Bertz CT molecular complexity index is 1460. The topological polar surface area (TPSA) is 101 Å². The number of benzene rings is 3. The Balaban J connectivity index is 1.71. The van der Waals surface area contributed by atoms with Crippen molar-refractivity contribution < 1.29 is 22.7 Å². The van der Waals surface area contributed by atoms with Gasteiger partial charge in [0.25, 0.3) is 0 Å². The van der Waals surface area contributed by atoms with Gasteiger partial charge in [-0.3, -0.25) is 0 Å². The Kier molecular flexibility index (Phi) is 5.90. The summed E-state index contributed by atoms with van der Waals surface area (Å²) in [5.74, 6) is -2.36. The van der Waals surface area contributed by atoms with Gasteiger partial charge in [0.1, 0.15) is 5.52 Å². The van der Waals surface area contributed by atoms with E-state index in [2.05, 4.69) is 10.3 Å². The number of nitrogens with zero attached hydrogens (tertiary/aromatic N) is 2. The van der Waals surface area contributed by atoms with Gasteiger partial charge < -0.3 is 15.0 Å². The summed E-state index contributed by atoms with van der Waals surface area (Å²) in [5.41, 5.74) is 2.15. The predicted molar refractivity (Wildman–Crippen MR) is 124 cm³/mol. The van der Waals surface area contributed by atoms with E-state index in [4.69, 9.17) is 0 Å². The third-order valence-electron chi connectivity index (χ3n) is 5.43. The first-order chi connectivity index (χ1) is 15.7. The number of carboxylic acids is 1. The molecule has 0 spiro atoms. The van der Waals surface area contributed by atoms with Crippen LogP contribution in [-0.4, -0.2) is 34.8 Å². The number of hydrogen-bond acceptors (Lipinski definition) is 5. The van der Waals surface area contributed by atoms with Crippen LogP contribution >= 0.6 is 0 Å². The van der Waals surface area contributed by atoms with Crippen LogP contribution in [0.1, 0.15) is 21.5 Å². The van der Waals surface area contributed by atoms with Crippen LogP contribution in [0.3, 0.4) is 0 Å². The summed E-state index contributed by atoms with van der Waals surface area (Å²) < 4.78 is 42.1. The van der Waals surface area contributed by atoms with Crippen LogP contribution in [0.25, 0.3) is 11.0 Å². The molecule has 4 rings (SSSR count). The van der Waals surface area contributed by atoms with E-state index in [-0.39, 0.29) is 39.5 Å². The smallest absolute Gasteiger partial charge is 0.338 e. The lowest BCUT2D eigenvalue weighted by Crippen LogP contribution is -2.13. The van der Waals surface area contributed by atoms with Gasteiger partial charge in [0, 0.05) is 12.2 Å². The zero-order valence-corrected chi connectivity index (χ0v) is 18.9. The molecule has 0 saturated carbocycles. The van der Waals surface area contributed by atoms with Crippen LogP contribution < -0.4 is 5.32 Å². The highest BCUT2D eigenvalue weighted by atomic mass is 32.2. The maximum atomic E-state index is 15.4. The standard InChI is InChI=1S/C24H22FN3O4S/c1-15-8-9-19(16(2)12-15)27-22-18(24(29)30)13-20-23(21(22)25)26-14-28(20)10-11-33(31,32)17-6-4-3-5-7-17/h3-9,12-14,27H,10-11H2,1-2H3,(H,29,30). The van der Waals surface area contributed by atoms with Gasteiger partial charge in [-0.2, -0.15) is 0 Å². The van der Waals surface area contributed by atoms with E-state index in [9.17, 15) is 18.3 Å². The van der Waals surface area contributed by atoms with Crippen molar-refractivity contribution in [3.63, 3.8) is 0 Å². The van der Waals surface area contributed by atoms with E-state index in [1.165, 1.54) is 29.1 Å². The Morgan fingerprint density at radius 2 is 1.85 bits per heavy atom. The molecule has 0 amide bonds. The highest BCUT2D eigenvalue weighted by molar-refractivity contribution is 7.91. The van der Waals surface area contributed by atoms with E-state index in [1.807, 2.05) is 26.0 Å². The molecule has 1 heterocycles. The number of sulfone groups is 1. The van der Waals surface area contributed by atoms with Crippen molar-refractivity contribution in [2.24, 2.45) is 0 Å². The third kappa shape index (κ3) is 4.45. The molecule has 33 heavy (non-hydrogen) atoms. The van der Waals surface area contributed by atoms with Gasteiger partial charge in [0.15, 0.2) is 15.7 Å². The molecule has 0 saturated heterocycles. The van der Waals surface area contributed by atoms with Crippen molar-refractivity contribution >= 4 is 38.2 Å². The molecule has 9 heteroatoms. The molecule has 0 aliphatic carbocycles. The van der Waals surface area contributed by atoms with Crippen molar-refractivity contribution in [1.82, 2.24) is 9.55 Å². The Morgan fingerprint density at radius 1 is 1.12 bits per heavy atom. The van der Waals surface area contributed by atoms with E-state index in [0.717, 1.165) is 11.1 Å². The van der Waals surface area contributed by atoms with Crippen LogP contribution in [0.15, 0.2) is 65.8 Å². The average molecular weight is 468 g/mol. The van der Waals surface area contributed by atoms with Gasteiger partial charge in [-0.05, 0) is 43.7 Å². The lowest BCUT2D eigenvalue weighted by atomic mass is 10.1. The molecule has 170 valence electrons. The third-order valence-corrected chi connectivity index (χ3v) is 7.14. The molecule has 4 aromatic rings. The minimum absolute atomic E-state index is 0.00390. The predicted octanol–water partition coefficient (Wildman–Crippen LogP) is 4.71. The number of aryl methyl sites for hydroxylation is 3. The molecular weight excluding hydrogens is 445 g/mol. The largest absolute Gasteiger partial charge is 0.478 e. The maximum Gasteiger partial charge on any atom is 0.338 e. The summed E-state index contributed by atoms with van der Waals surface area (Å²) in [4.78, 5) is 16.2. The first-order valence-electron chi connectivity index (χ1n) is 10.2. The number of anilines is 2. The summed E-state index contributed by atoms with van der Waals surface area (Å²) in [7, 11) is -3.57. The second-order valence-electron chi connectivity index (χ2n) is 7.80. The number of aromatic nitrogens is 2. The van der Waals surface area contributed by atoms with Crippen molar-refractivity contribution in [3.8, 4) is 0 Å². The molecular formula is C24H22FN3O4S. The zero-order chi connectivity index (χ0) is 23.8. The molecule has 0 bridgehead atoms. The van der Waals surface area contributed by atoms with Gasteiger partial charge in [0.05, 0.1) is 33.7 Å². The number of carboxylic acid groups (broad SMARTS) is 1. The summed E-state index contributed by atoms with van der Waals surface area (Å²) in [5, 5.41) is 12.6.